The van der Waals surface area contributed by atoms with Gasteiger partial charge in [0.25, 0.3) is 0 Å². The second-order valence-electron chi connectivity index (χ2n) is 7.35. The second kappa shape index (κ2) is 8.25. The van der Waals surface area contributed by atoms with E-state index in [-0.39, 0.29) is 0 Å². The second-order valence-corrected chi connectivity index (χ2v) is 7.35. The highest BCUT2D eigenvalue weighted by atomic mass is 14.9. The van der Waals surface area contributed by atoms with E-state index in [2.05, 4.69) is 76.7 Å². The summed E-state index contributed by atoms with van der Waals surface area (Å²) in [5, 5.41) is 4.91. The largest absolute Gasteiger partial charge is 0.361 e. The molecule has 2 heterocycles. The molecule has 3 aromatic rings. The first-order valence-corrected chi connectivity index (χ1v) is 9.70. The lowest BCUT2D eigenvalue weighted by atomic mass is 9.86. The molecule has 0 bridgehead atoms. The molecule has 4 rings (SSSR count). The van der Waals surface area contributed by atoms with Gasteiger partial charge in [-0.15, -0.1) is 0 Å². The van der Waals surface area contributed by atoms with Gasteiger partial charge in [0.05, 0.1) is 0 Å². The van der Waals surface area contributed by atoms with Gasteiger partial charge < -0.3 is 10.3 Å². The Morgan fingerprint density at radius 2 is 1.96 bits per heavy atom. The smallest absolute Gasteiger partial charge is 0.0454 e. The number of hydrogen-bond acceptors (Lipinski definition) is 1. The zero-order chi connectivity index (χ0) is 17.6. The third kappa shape index (κ3) is 4.36. The molecule has 1 aliphatic heterocycles. The molecule has 0 aliphatic carbocycles. The molecular formula is C24H26N2. The molecule has 2 atom stereocenters. The average molecular weight is 342 g/mol. The molecule has 1 saturated heterocycles. The summed E-state index contributed by atoms with van der Waals surface area (Å²) in [4.78, 5) is 3.22. The van der Waals surface area contributed by atoms with Crippen LogP contribution < -0.4 is 5.32 Å². The normalized spacial score (nSPS) is 19.8. The summed E-state index contributed by atoms with van der Waals surface area (Å²) in [7, 11) is 0. The van der Waals surface area contributed by atoms with E-state index >= 15 is 0 Å². The Bertz CT molecular complexity index is 898. The molecule has 2 nitrogen and oxygen atoms in total. The van der Waals surface area contributed by atoms with Gasteiger partial charge in [-0.1, -0.05) is 42.2 Å². The third-order valence-electron chi connectivity index (χ3n) is 5.37. The quantitative estimate of drug-likeness (QED) is 0.648. The summed E-state index contributed by atoms with van der Waals surface area (Å²) in [5.74, 6) is 7.49. The van der Waals surface area contributed by atoms with Crippen LogP contribution in [-0.2, 0) is 6.42 Å². The Kier molecular flexibility index (Phi) is 5.38. The molecule has 2 aromatic carbocycles. The molecule has 1 fully saturated rings. The maximum absolute atomic E-state index is 3.68. The fourth-order valence-corrected chi connectivity index (χ4v) is 3.99. The van der Waals surface area contributed by atoms with Crippen LogP contribution in [-0.4, -0.2) is 17.6 Å². The minimum absolute atomic E-state index is 0.610. The van der Waals surface area contributed by atoms with Gasteiger partial charge in [-0.05, 0) is 68.0 Å². The summed E-state index contributed by atoms with van der Waals surface area (Å²) in [5.41, 5.74) is 3.75. The van der Waals surface area contributed by atoms with E-state index in [1.165, 1.54) is 35.7 Å². The van der Waals surface area contributed by atoms with Crippen molar-refractivity contribution in [2.24, 2.45) is 5.92 Å². The molecule has 0 amide bonds. The molecule has 2 N–H and O–H groups in total. The van der Waals surface area contributed by atoms with Crippen molar-refractivity contribution in [3.63, 3.8) is 0 Å². The average Bonchev–Trinajstić information content (AvgIpc) is 3.14. The number of fused-ring (bicyclic) bond motifs is 1. The van der Waals surface area contributed by atoms with Gasteiger partial charge >= 0.3 is 0 Å². The summed E-state index contributed by atoms with van der Waals surface area (Å²) in [6.07, 6.45) is 7.84. The summed E-state index contributed by atoms with van der Waals surface area (Å²) >= 11 is 0. The first-order valence-electron chi connectivity index (χ1n) is 9.70. The lowest BCUT2D eigenvalue weighted by Crippen LogP contribution is -2.38. The first-order chi connectivity index (χ1) is 12.9. The van der Waals surface area contributed by atoms with E-state index in [1.54, 1.807) is 0 Å². The van der Waals surface area contributed by atoms with Crippen LogP contribution in [0.15, 0.2) is 60.8 Å². The van der Waals surface area contributed by atoms with Crippen LogP contribution in [0, 0.1) is 17.8 Å². The van der Waals surface area contributed by atoms with E-state index < -0.39 is 0 Å². The maximum Gasteiger partial charge on any atom is 0.0454 e. The van der Waals surface area contributed by atoms with Crippen LogP contribution in [0.4, 0.5) is 0 Å². The molecule has 0 spiro atoms. The van der Waals surface area contributed by atoms with Crippen molar-refractivity contribution in [2.45, 2.75) is 38.1 Å². The van der Waals surface area contributed by atoms with E-state index in [4.69, 9.17) is 0 Å². The molecule has 0 radical (unpaired) electrons. The van der Waals surface area contributed by atoms with Crippen molar-refractivity contribution >= 4 is 10.9 Å². The Balaban J connectivity index is 1.28. The maximum atomic E-state index is 3.68. The predicted octanol–water partition coefficient (Wildman–Crippen LogP) is 4.91. The third-order valence-corrected chi connectivity index (χ3v) is 5.37. The predicted molar refractivity (Wildman–Crippen MR) is 109 cm³/mol. The van der Waals surface area contributed by atoms with Crippen LogP contribution in [0.25, 0.3) is 10.9 Å². The topological polar surface area (TPSA) is 27.8 Å². The Morgan fingerprint density at radius 3 is 2.88 bits per heavy atom. The zero-order valence-corrected chi connectivity index (χ0v) is 15.2. The van der Waals surface area contributed by atoms with Crippen molar-refractivity contribution in [1.82, 2.24) is 10.3 Å². The van der Waals surface area contributed by atoms with Crippen LogP contribution in [0.2, 0.25) is 0 Å². The molecule has 0 saturated carbocycles. The highest BCUT2D eigenvalue weighted by molar-refractivity contribution is 5.80. The molecule has 2 heteroatoms. The van der Waals surface area contributed by atoms with Crippen molar-refractivity contribution in [3.05, 3.63) is 71.9 Å². The summed E-state index contributed by atoms with van der Waals surface area (Å²) in [6.45, 7) is 1.14. The Morgan fingerprint density at radius 1 is 1.04 bits per heavy atom. The van der Waals surface area contributed by atoms with Gasteiger partial charge in [0, 0.05) is 35.1 Å². The van der Waals surface area contributed by atoms with Crippen molar-refractivity contribution < 1.29 is 0 Å². The molecule has 2 unspecified atom stereocenters. The molecule has 1 aliphatic rings. The van der Waals surface area contributed by atoms with Gasteiger partial charge in [-0.3, -0.25) is 0 Å². The van der Waals surface area contributed by atoms with Crippen molar-refractivity contribution in [3.8, 4) is 11.8 Å². The van der Waals surface area contributed by atoms with Crippen molar-refractivity contribution in [2.75, 3.05) is 6.54 Å². The number of aromatic amines is 1. The number of hydrogen-bond donors (Lipinski definition) is 2. The molecule has 1 aromatic heterocycles. The number of rotatable bonds is 4. The Labute approximate surface area is 156 Å². The van der Waals surface area contributed by atoms with E-state index in [9.17, 15) is 0 Å². The number of H-pyrrole nitrogens is 1. The van der Waals surface area contributed by atoms with Crippen LogP contribution in [0.3, 0.4) is 0 Å². The summed E-state index contributed by atoms with van der Waals surface area (Å²) in [6, 6.07) is 20.0. The Hall–Kier alpha value is -2.50. The minimum Gasteiger partial charge on any atom is -0.361 e. The number of nitrogens with one attached hydrogen (secondary N) is 2. The van der Waals surface area contributed by atoms with E-state index in [0.29, 0.717) is 6.04 Å². The van der Waals surface area contributed by atoms with E-state index in [1.807, 2.05) is 6.20 Å². The highest BCUT2D eigenvalue weighted by Crippen LogP contribution is 2.23. The fourth-order valence-electron chi connectivity index (χ4n) is 3.99. The lowest BCUT2D eigenvalue weighted by Gasteiger charge is -2.30. The highest BCUT2D eigenvalue weighted by Gasteiger charge is 2.21. The number of piperidine rings is 1. The SMILES string of the molecule is C(#Cc1ccc2[nH]ccc2c1)CCC1CC(Cc2ccccc2)CCN1. The van der Waals surface area contributed by atoms with Gasteiger partial charge in [0.15, 0.2) is 0 Å². The summed E-state index contributed by atoms with van der Waals surface area (Å²) < 4.78 is 0. The van der Waals surface area contributed by atoms with Gasteiger partial charge in [0.2, 0.25) is 0 Å². The van der Waals surface area contributed by atoms with Gasteiger partial charge in [-0.2, -0.15) is 0 Å². The van der Waals surface area contributed by atoms with Crippen molar-refractivity contribution in [1.29, 1.82) is 0 Å². The molecular weight excluding hydrogens is 316 g/mol. The van der Waals surface area contributed by atoms with Gasteiger partial charge in [0.1, 0.15) is 0 Å². The van der Waals surface area contributed by atoms with E-state index in [0.717, 1.165) is 30.9 Å². The zero-order valence-electron chi connectivity index (χ0n) is 15.2. The van der Waals surface area contributed by atoms with Crippen LogP contribution in [0.1, 0.15) is 36.8 Å². The standard InChI is InChI=1S/C24H26N2/c1-2-6-19(7-3-1)16-21-12-14-25-23(18-21)9-5-4-8-20-10-11-24-22(17-20)13-15-26-24/h1-3,6-7,10-11,13,15,17,21,23,25-26H,5,9,12,14,16,18H2. The van der Waals surface area contributed by atoms with Gasteiger partial charge in [-0.25, -0.2) is 0 Å². The lowest BCUT2D eigenvalue weighted by molar-refractivity contribution is 0.291. The van der Waals surface area contributed by atoms with Crippen LogP contribution >= 0.6 is 0 Å². The monoisotopic (exact) mass is 342 g/mol. The molecule has 26 heavy (non-hydrogen) atoms. The van der Waals surface area contributed by atoms with Crippen LogP contribution in [0.5, 0.6) is 0 Å². The number of aromatic nitrogens is 1. The molecule has 132 valence electrons. The minimum atomic E-state index is 0.610. The fraction of sp³-hybridized carbons (Fsp3) is 0.333. The number of benzene rings is 2. The first kappa shape index (κ1) is 16.9.